The van der Waals surface area contributed by atoms with Crippen molar-refractivity contribution >= 4 is 39.0 Å². The molecule has 0 amide bonds. The molecule has 0 bridgehead atoms. The van der Waals surface area contributed by atoms with Gasteiger partial charge in [0.2, 0.25) is 0 Å². The van der Waals surface area contributed by atoms with E-state index in [9.17, 15) is 0 Å². The normalized spacial score (nSPS) is 16.5. The predicted molar refractivity (Wildman–Crippen MR) is 101 cm³/mol. The third-order valence-electron chi connectivity index (χ3n) is 4.43. The summed E-state index contributed by atoms with van der Waals surface area (Å²) in [6.45, 7) is 5.17. The van der Waals surface area contributed by atoms with Crippen LogP contribution in [0.5, 0.6) is 0 Å². The summed E-state index contributed by atoms with van der Waals surface area (Å²) in [5.41, 5.74) is 2.36. The maximum absolute atomic E-state index is 5.97. The summed E-state index contributed by atoms with van der Waals surface area (Å²) in [6.07, 6.45) is 2.82. The second kappa shape index (κ2) is 7.05. The zero-order valence-electron chi connectivity index (χ0n) is 13.4. The van der Waals surface area contributed by atoms with E-state index < -0.39 is 0 Å². The molecule has 3 heterocycles. The van der Waals surface area contributed by atoms with Crippen molar-refractivity contribution < 1.29 is 0 Å². The van der Waals surface area contributed by atoms with E-state index in [2.05, 4.69) is 43.3 Å². The fourth-order valence-electron chi connectivity index (χ4n) is 3.19. The molecule has 0 spiro atoms. The number of fused-ring (bicyclic) bond motifs is 1. The minimum Gasteiger partial charge on any atom is -0.354 e. The first-order valence-corrected chi connectivity index (χ1v) is 9.45. The number of hydrogen-bond donors (Lipinski definition) is 0. The second-order valence-corrected chi connectivity index (χ2v) is 7.43. The van der Waals surface area contributed by atoms with Gasteiger partial charge in [-0.25, -0.2) is 9.97 Å². The van der Waals surface area contributed by atoms with Crippen molar-refractivity contribution in [1.29, 1.82) is 0 Å². The predicted octanol–water partition coefficient (Wildman–Crippen LogP) is 4.06. The molecule has 4 rings (SSSR count). The fourth-order valence-corrected chi connectivity index (χ4v) is 4.18. The zero-order valence-corrected chi connectivity index (χ0v) is 14.9. The van der Waals surface area contributed by atoms with Crippen LogP contribution >= 0.6 is 22.9 Å². The summed E-state index contributed by atoms with van der Waals surface area (Å²) in [5.74, 6) is 1.09. The molecule has 0 saturated carbocycles. The molecule has 1 aromatic carbocycles. The van der Waals surface area contributed by atoms with Crippen LogP contribution in [0, 0.1) is 0 Å². The number of aromatic nitrogens is 2. The summed E-state index contributed by atoms with van der Waals surface area (Å²) in [4.78, 5) is 13.8. The topological polar surface area (TPSA) is 32.3 Å². The second-order valence-electron chi connectivity index (χ2n) is 6.08. The standard InChI is InChI=1S/C18H19ClN4S/c19-15-4-2-14(3-5-15)12-22-7-1-8-23(10-9-22)18-17-16(6-11-24-17)20-13-21-18/h2-6,11,13H,1,7-10,12H2. The average Bonchev–Trinajstić information content (AvgIpc) is 2.97. The number of benzene rings is 1. The number of hydrogen-bond acceptors (Lipinski definition) is 5. The molecule has 1 saturated heterocycles. The number of halogens is 1. The molecule has 0 atom stereocenters. The average molecular weight is 359 g/mol. The first kappa shape index (κ1) is 15.8. The molecule has 3 aromatic rings. The van der Waals surface area contributed by atoms with E-state index in [1.54, 1.807) is 17.7 Å². The van der Waals surface area contributed by atoms with Gasteiger partial charge >= 0.3 is 0 Å². The molecule has 1 aliphatic heterocycles. The van der Waals surface area contributed by atoms with Gasteiger partial charge in [0.25, 0.3) is 0 Å². The number of anilines is 1. The Labute approximate surface area is 150 Å². The van der Waals surface area contributed by atoms with Crippen LogP contribution in [0.15, 0.2) is 42.0 Å². The molecule has 0 aliphatic carbocycles. The van der Waals surface area contributed by atoms with E-state index in [1.165, 1.54) is 10.3 Å². The lowest BCUT2D eigenvalue weighted by atomic mass is 10.2. The molecule has 0 unspecified atom stereocenters. The van der Waals surface area contributed by atoms with E-state index in [4.69, 9.17) is 11.6 Å². The lowest BCUT2D eigenvalue weighted by Gasteiger charge is -2.23. The number of rotatable bonds is 3. The van der Waals surface area contributed by atoms with E-state index in [0.717, 1.165) is 55.5 Å². The Morgan fingerprint density at radius 1 is 1.00 bits per heavy atom. The van der Waals surface area contributed by atoms with Gasteiger partial charge in [-0.15, -0.1) is 11.3 Å². The summed E-state index contributed by atoms with van der Waals surface area (Å²) in [7, 11) is 0. The maximum Gasteiger partial charge on any atom is 0.150 e. The van der Waals surface area contributed by atoms with Crippen molar-refractivity contribution in [2.45, 2.75) is 13.0 Å². The summed E-state index contributed by atoms with van der Waals surface area (Å²) < 4.78 is 1.20. The first-order valence-electron chi connectivity index (χ1n) is 8.19. The van der Waals surface area contributed by atoms with Crippen molar-refractivity contribution in [3.63, 3.8) is 0 Å². The van der Waals surface area contributed by atoms with Gasteiger partial charge in [0, 0.05) is 37.7 Å². The highest BCUT2D eigenvalue weighted by atomic mass is 35.5. The Kier molecular flexibility index (Phi) is 4.65. The smallest absolute Gasteiger partial charge is 0.150 e. The highest BCUT2D eigenvalue weighted by Crippen LogP contribution is 2.28. The lowest BCUT2D eigenvalue weighted by Crippen LogP contribution is -2.31. The highest BCUT2D eigenvalue weighted by molar-refractivity contribution is 7.17. The van der Waals surface area contributed by atoms with Crippen LogP contribution in [0.4, 0.5) is 5.82 Å². The summed E-state index contributed by atoms with van der Waals surface area (Å²) in [6, 6.07) is 10.2. The Hall–Kier alpha value is -1.69. The molecule has 4 nitrogen and oxygen atoms in total. The van der Waals surface area contributed by atoms with E-state index in [0.29, 0.717) is 0 Å². The van der Waals surface area contributed by atoms with E-state index >= 15 is 0 Å². The van der Waals surface area contributed by atoms with Gasteiger partial charge < -0.3 is 4.90 Å². The van der Waals surface area contributed by atoms with Gasteiger partial charge in [-0.05, 0) is 35.6 Å². The van der Waals surface area contributed by atoms with Gasteiger partial charge in [-0.1, -0.05) is 23.7 Å². The lowest BCUT2D eigenvalue weighted by molar-refractivity contribution is 0.285. The van der Waals surface area contributed by atoms with Crippen LogP contribution in [0.25, 0.3) is 10.2 Å². The first-order chi connectivity index (χ1) is 11.8. The minimum atomic E-state index is 0.796. The van der Waals surface area contributed by atoms with Crippen LogP contribution in [0.3, 0.4) is 0 Å². The molecule has 124 valence electrons. The SMILES string of the molecule is Clc1ccc(CN2CCCN(c3ncnc4ccsc34)CC2)cc1. The van der Waals surface area contributed by atoms with Crippen LogP contribution in [-0.2, 0) is 6.54 Å². The van der Waals surface area contributed by atoms with Crippen LogP contribution in [0.1, 0.15) is 12.0 Å². The maximum atomic E-state index is 5.97. The summed E-state index contributed by atoms with van der Waals surface area (Å²) in [5, 5.41) is 2.89. The monoisotopic (exact) mass is 358 g/mol. The van der Waals surface area contributed by atoms with E-state index in [-0.39, 0.29) is 0 Å². The quantitative estimate of drug-likeness (QED) is 0.706. The molecule has 0 N–H and O–H groups in total. The molecule has 0 radical (unpaired) electrons. The van der Waals surface area contributed by atoms with E-state index in [1.807, 2.05) is 12.1 Å². The van der Waals surface area contributed by atoms with Crippen molar-refractivity contribution in [3.8, 4) is 0 Å². The molecule has 2 aromatic heterocycles. The van der Waals surface area contributed by atoms with Crippen LogP contribution in [0.2, 0.25) is 5.02 Å². The van der Waals surface area contributed by atoms with Crippen molar-refractivity contribution in [3.05, 3.63) is 52.6 Å². The Morgan fingerprint density at radius 2 is 1.88 bits per heavy atom. The minimum absolute atomic E-state index is 0.796. The summed E-state index contributed by atoms with van der Waals surface area (Å²) >= 11 is 7.70. The van der Waals surface area contributed by atoms with Gasteiger partial charge in [-0.3, -0.25) is 4.90 Å². The fraction of sp³-hybridized carbons (Fsp3) is 0.333. The third kappa shape index (κ3) is 3.38. The largest absolute Gasteiger partial charge is 0.354 e. The Bertz CT molecular complexity index is 817. The number of nitrogens with zero attached hydrogens (tertiary/aromatic N) is 4. The van der Waals surface area contributed by atoms with Crippen molar-refractivity contribution in [1.82, 2.24) is 14.9 Å². The van der Waals surface area contributed by atoms with Crippen LogP contribution < -0.4 is 4.90 Å². The Morgan fingerprint density at radius 3 is 2.75 bits per heavy atom. The van der Waals surface area contributed by atoms with Crippen molar-refractivity contribution in [2.24, 2.45) is 0 Å². The number of thiophene rings is 1. The molecule has 24 heavy (non-hydrogen) atoms. The van der Waals surface area contributed by atoms with Crippen LogP contribution in [-0.4, -0.2) is 41.0 Å². The van der Waals surface area contributed by atoms with Gasteiger partial charge in [0.15, 0.2) is 0 Å². The highest BCUT2D eigenvalue weighted by Gasteiger charge is 2.18. The van der Waals surface area contributed by atoms with Crippen molar-refractivity contribution in [2.75, 3.05) is 31.1 Å². The van der Waals surface area contributed by atoms with Gasteiger partial charge in [-0.2, -0.15) is 0 Å². The van der Waals surface area contributed by atoms with Gasteiger partial charge in [0.05, 0.1) is 10.2 Å². The molecule has 1 fully saturated rings. The Balaban J connectivity index is 1.46. The third-order valence-corrected chi connectivity index (χ3v) is 5.58. The molecule has 6 heteroatoms. The molecule has 1 aliphatic rings. The zero-order chi connectivity index (χ0) is 16.4. The molecular weight excluding hydrogens is 340 g/mol. The van der Waals surface area contributed by atoms with Gasteiger partial charge in [0.1, 0.15) is 12.1 Å². The molecular formula is C18H19ClN4S.